The van der Waals surface area contributed by atoms with Gasteiger partial charge in [0.1, 0.15) is 0 Å². The van der Waals surface area contributed by atoms with Crippen molar-refractivity contribution in [3.8, 4) is 80.7 Å². The fraction of sp³-hybridized carbons (Fsp3) is 0.0213. The highest BCUT2D eigenvalue weighted by molar-refractivity contribution is 6.11. The van der Waals surface area contributed by atoms with E-state index >= 15 is 0 Å². The molecule has 0 unspecified atom stereocenters. The van der Waals surface area contributed by atoms with Crippen LogP contribution < -0.4 is 0 Å². The summed E-state index contributed by atoms with van der Waals surface area (Å²) in [5.74, 6) is 2.60. The number of para-hydroxylation sites is 3. The molecule has 0 bridgehead atoms. The third kappa shape index (κ3) is 10.3. The fourth-order valence-corrected chi connectivity index (χ4v) is 15.7. The van der Waals surface area contributed by atoms with Gasteiger partial charge in [-0.05, 0) is 110 Å². The number of nitriles is 2. The maximum absolute atomic E-state index is 10.6. The van der Waals surface area contributed by atoms with Crippen LogP contribution >= 0.6 is 0 Å². The molecule has 0 saturated heterocycles. The normalized spacial score (nSPS) is 11.6. The molecule has 104 heavy (non-hydrogen) atoms. The molecule has 18 aromatic rings. The molecule has 4 heterocycles. The van der Waals surface area contributed by atoms with Crippen molar-refractivity contribution >= 4 is 43.6 Å². The molecular formula is C94H60N10. The van der Waals surface area contributed by atoms with Crippen molar-refractivity contribution in [1.29, 1.82) is 10.5 Å². The van der Waals surface area contributed by atoms with E-state index in [0.717, 1.165) is 110 Å². The van der Waals surface area contributed by atoms with Gasteiger partial charge in [0.05, 0.1) is 56.2 Å². The van der Waals surface area contributed by atoms with E-state index in [4.69, 9.17) is 29.9 Å². The summed E-state index contributed by atoms with van der Waals surface area (Å²) in [7, 11) is 0. The van der Waals surface area contributed by atoms with E-state index in [1.54, 1.807) is 12.1 Å². The van der Waals surface area contributed by atoms with Crippen molar-refractivity contribution in [3.05, 3.63) is 420 Å². The van der Waals surface area contributed by atoms with Crippen LogP contribution in [0.4, 0.5) is 0 Å². The molecule has 4 aromatic heterocycles. The van der Waals surface area contributed by atoms with Crippen molar-refractivity contribution < 1.29 is 0 Å². The van der Waals surface area contributed by atoms with E-state index in [2.05, 4.69) is 319 Å². The minimum absolute atomic E-state index is 0.382. The molecule has 0 radical (unpaired) electrons. The maximum atomic E-state index is 10.6. The summed E-state index contributed by atoms with van der Waals surface area (Å²) in [5.41, 5.74) is 16.1. The van der Waals surface area contributed by atoms with Crippen LogP contribution in [-0.2, 0) is 10.8 Å². The summed E-state index contributed by atoms with van der Waals surface area (Å²) >= 11 is 0. The van der Waals surface area contributed by atoms with Gasteiger partial charge in [-0.15, -0.1) is 0 Å². The summed E-state index contributed by atoms with van der Waals surface area (Å²) in [5, 5.41) is 25.1. The van der Waals surface area contributed by atoms with Gasteiger partial charge in [-0.25, -0.2) is 9.97 Å². The molecular weight excluding hydrogens is 1270 g/mol. The number of nitrogens with zero attached hydrogens (tertiary/aromatic N) is 10. The Kier molecular flexibility index (Phi) is 15.5. The van der Waals surface area contributed by atoms with Crippen LogP contribution in [0, 0.1) is 22.7 Å². The average molecular weight is 1330 g/mol. The Morgan fingerprint density at radius 1 is 0.240 bits per heavy atom. The van der Waals surface area contributed by atoms with Crippen LogP contribution in [0.1, 0.15) is 55.6 Å². The molecule has 0 aliphatic carbocycles. The van der Waals surface area contributed by atoms with Gasteiger partial charge in [0.25, 0.3) is 0 Å². The fourth-order valence-electron chi connectivity index (χ4n) is 15.7. The summed E-state index contributed by atoms with van der Waals surface area (Å²) in [6.45, 7) is 0. The Morgan fingerprint density at radius 3 is 1.06 bits per heavy atom. The first-order chi connectivity index (χ1) is 51.5. The van der Waals surface area contributed by atoms with Gasteiger partial charge >= 0.3 is 0 Å². The number of benzene rings is 14. The van der Waals surface area contributed by atoms with Gasteiger partial charge in [0, 0.05) is 43.8 Å². The predicted molar refractivity (Wildman–Crippen MR) is 415 cm³/mol. The van der Waals surface area contributed by atoms with Gasteiger partial charge in [-0.1, -0.05) is 309 Å². The van der Waals surface area contributed by atoms with E-state index in [0.29, 0.717) is 57.4 Å². The van der Waals surface area contributed by atoms with Gasteiger partial charge in [-0.2, -0.15) is 30.5 Å². The predicted octanol–water partition coefficient (Wildman–Crippen LogP) is 21.1. The number of fused-ring (bicyclic) bond motifs is 6. The monoisotopic (exact) mass is 1330 g/mol. The topological polar surface area (TPSA) is 135 Å². The van der Waals surface area contributed by atoms with Crippen LogP contribution in [-0.4, -0.2) is 39.0 Å². The number of aromatic nitrogens is 8. The Morgan fingerprint density at radius 2 is 0.596 bits per heavy atom. The molecule has 0 spiro atoms. The van der Waals surface area contributed by atoms with Crippen molar-refractivity contribution in [3.63, 3.8) is 0 Å². The molecule has 0 saturated carbocycles. The van der Waals surface area contributed by atoms with Gasteiger partial charge in [-0.3, -0.25) is 9.13 Å². The van der Waals surface area contributed by atoms with Crippen molar-refractivity contribution in [2.45, 2.75) is 10.8 Å². The minimum Gasteiger partial charge on any atom is -0.278 e. The van der Waals surface area contributed by atoms with E-state index in [9.17, 15) is 10.5 Å². The van der Waals surface area contributed by atoms with E-state index < -0.39 is 10.8 Å². The third-order valence-corrected chi connectivity index (χ3v) is 20.3. The highest BCUT2D eigenvalue weighted by atomic mass is 15.2. The standard InChI is InChI=1S/C94H60N10/c95-61-63-29-28-31-66(59-63)87-97-89(78-46-18-23-48-81(78)93(68-32-6-1-7-33-68,69-34-8-2-9-35-69)70-36-10-3-11-37-70)101-91(99-87)104-85-52-27-22-45-77(85)80-60-65(55-58-86(80)104)64-53-56-73(57-54-64)94(71-38-12-4-13-39-71,72-40-14-5-15-41-72)82-49-24-19-47-79(82)90-98-88(74-42-17-16-30-67(74)62-96)100-92(102-90)103-83-50-25-20-43-75(83)76-44-21-26-51-84(76)103/h1-60H. The first-order valence-corrected chi connectivity index (χ1v) is 34.6. The first kappa shape index (κ1) is 62.0. The number of hydrogen-bond donors (Lipinski definition) is 0. The quantitative estimate of drug-likeness (QED) is 0.0926. The largest absolute Gasteiger partial charge is 0.278 e. The van der Waals surface area contributed by atoms with Crippen molar-refractivity contribution in [1.82, 2.24) is 39.0 Å². The lowest BCUT2D eigenvalue weighted by atomic mass is 9.64. The molecule has 0 aliphatic heterocycles. The minimum atomic E-state index is -0.954. The van der Waals surface area contributed by atoms with Crippen LogP contribution in [0.25, 0.3) is 112 Å². The highest BCUT2D eigenvalue weighted by Crippen LogP contribution is 2.51. The molecule has 10 heteroatoms. The zero-order valence-corrected chi connectivity index (χ0v) is 56.1. The van der Waals surface area contributed by atoms with E-state index in [1.165, 1.54) is 0 Å². The van der Waals surface area contributed by atoms with Crippen molar-refractivity contribution in [2.24, 2.45) is 0 Å². The first-order valence-electron chi connectivity index (χ1n) is 34.6. The zero-order valence-electron chi connectivity index (χ0n) is 56.1. The van der Waals surface area contributed by atoms with E-state index in [-0.39, 0.29) is 0 Å². The van der Waals surface area contributed by atoms with Gasteiger partial charge in [0.2, 0.25) is 11.9 Å². The highest BCUT2D eigenvalue weighted by Gasteiger charge is 2.43. The summed E-state index contributed by atoms with van der Waals surface area (Å²) in [4.78, 5) is 32.6. The molecule has 0 amide bonds. The Balaban J connectivity index is 0.808. The molecule has 486 valence electrons. The summed E-state index contributed by atoms with van der Waals surface area (Å²) in [6, 6.07) is 131. The summed E-state index contributed by atoms with van der Waals surface area (Å²) < 4.78 is 4.26. The van der Waals surface area contributed by atoms with Crippen LogP contribution in [0.15, 0.2) is 364 Å². The van der Waals surface area contributed by atoms with Crippen LogP contribution in [0.5, 0.6) is 0 Å². The second kappa shape index (κ2) is 26.1. The summed E-state index contributed by atoms with van der Waals surface area (Å²) in [6.07, 6.45) is 0. The smallest absolute Gasteiger partial charge is 0.238 e. The molecule has 0 N–H and O–H groups in total. The number of rotatable bonds is 15. The second-order valence-electron chi connectivity index (χ2n) is 25.9. The number of hydrogen-bond acceptors (Lipinski definition) is 8. The third-order valence-electron chi connectivity index (χ3n) is 20.3. The molecule has 0 atom stereocenters. The molecule has 10 nitrogen and oxygen atoms in total. The Hall–Kier alpha value is -14.3. The SMILES string of the molecule is N#Cc1cccc(-c2nc(-c3ccccc3C(c3ccccc3)(c3ccccc3)c3ccccc3)nc(-n3c4ccccc4c4cc(-c5ccc(C(c6ccccc6)(c6ccccc6)c6ccccc6-c6nc(-c7ccccc7C#N)nc(-n7c8ccccc8c8ccccc87)n6)cc5)ccc43)n2)c1. The zero-order chi connectivity index (χ0) is 69.6. The molecule has 0 fully saturated rings. The molecule has 0 aliphatic rings. The lowest BCUT2D eigenvalue weighted by Crippen LogP contribution is -2.32. The van der Waals surface area contributed by atoms with Crippen molar-refractivity contribution in [2.75, 3.05) is 0 Å². The maximum Gasteiger partial charge on any atom is 0.238 e. The van der Waals surface area contributed by atoms with Gasteiger partial charge < -0.3 is 0 Å². The average Bonchev–Trinajstić information content (AvgIpc) is 0.800. The lowest BCUT2D eigenvalue weighted by Gasteiger charge is -2.38. The van der Waals surface area contributed by atoms with Crippen LogP contribution in [0.2, 0.25) is 0 Å². The lowest BCUT2D eigenvalue weighted by molar-refractivity contribution is 0.745. The van der Waals surface area contributed by atoms with E-state index in [1.807, 2.05) is 54.6 Å². The molecule has 18 rings (SSSR count). The Labute approximate surface area is 600 Å². The Bertz CT molecular complexity index is 6190. The molecule has 14 aromatic carbocycles. The second-order valence-corrected chi connectivity index (χ2v) is 25.9. The van der Waals surface area contributed by atoms with Gasteiger partial charge in [0.15, 0.2) is 23.3 Å². The van der Waals surface area contributed by atoms with Crippen LogP contribution in [0.3, 0.4) is 0 Å².